The normalized spacial score (nSPS) is 26.4. The molecular formula is C11H20N4O2S. The van der Waals surface area contributed by atoms with Gasteiger partial charge >= 0.3 is 0 Å². The molecule has 1 aromatic heterocycles. The van der Waals surface area contributed by atoms with Gasteiger partial charge in [0.1, 0.15) is 4.90 Å². The van der Waals surface area contributed by atoms with Crippen molar-refractivity contribution in [3.8, 4) is 0 Å². The SMILES string of the molecule is Cc1[nH]ncc1S(=O)(=O)NC1CCN(C)CC1C. The van der Waals surface area contributed by atoms with E-state index in [4.69, 9.17) is 0 Å². The summed E-state index contributed by atoms with van der Waals surface area (Å²) in [5, 5.41) is 6.41. The largest absolute Gasteiger partial charge is 0.306 e. The summed E-state index contributed by atoms with van der Waals surface area (Å²) in [7, 11) is -1.40. The fourth-order valence-electron chi connectivity index (χ4n) is 2.40. The van der Waals surface area contributed by atoms with Gasteiger partial charge in [-0.05, 0) is 32.9 Å². The van der Waals surface area contributed by atoms with Crippen molar-refractivity contribution in [2.45, 2.75) is 31.2 Å². The number of hydrogen-bond donors (Lipinski definition) is 2. The Kier molecular flexibility index (Phi) is 3.74. The van der Waals surface area contributed by atoms with Gasteiger partial charge in [-0.1, -0.05) is 6.92 Å². The lowest BCUT2D eigenvalue weighted by Gasteiger charge is -2.34. The first-order chi connectivity index (χ1) is 8.40. The Labute approximate surface area is 108 Å². The molecule has 7 heteroatoms. The molecule has 18 heavy (non-hydrogen) atoms. The highest BCUT2D eigenvalue weighted by molar-refractivity contribution is 7.89. The zero-order valence-corrected chi connectivity index (χ0v) is 11.8. The predicted molar refractivity (Wildman–Crippen MR) is 68.7 cm³/mol. The van der Waals surface area contributed by atoms with Gasteiger partial charge in [0.05, 0.1) is 11.9 Å². The van der Waals surface area contributed by atoms with E-state index in [0.29, 0.717) is 11.6 Å². The van der Waals surface area contributed by atoms with Crippen LogP contribution in [0.2, 0.25) is 0 Å². The molecule has 6 nitrogen and oxygen atoms in total. The molecule has 2 heterocycles. The van der Waals surface area contributed by atoms with E-state index >= 15 is 0 Å². The monoisotopic (exact) mass is 272 g/mol. The minimum absolute atomic E-state index is 0.000463. The van der Waals surface area contributed by atoms with Crippen LogP contribution < -0.4 is 4.72 Å². The Morgan fingerprint density at radius 2 is 2.28 bits per heavy atom. The number of aromatic nitrogens is 2. The molecule has 0 saturated carbocycles. The Morgan fingerprint density at radius 1 is 1.56 bits per heavy atom. The third-order valence-electron chi connectivity index (χ3n) is 3.49. The second kappa shape index (κ2) is 4.99. The molecule has 2 atom stereocenters. The maximum atomic E-state index is 12.2. The molecule has 0 amide bonds. The number of likely N-dealkylation sites (tertiary alicyclic amines) is 1. The van der Waals surface area contributed by atoms with Crippen LogP contribution in [0.3, 0.4) is 0 Å². The van der Waals surface area contributed by atoms with Gasteiger partial charge in [0.2, 0.25) is 10.0 Å². The summed E-state index contributed by atoms with van der Waals surface area (Å²) >= 11 is 0. The van der Waals surface area contributed by atoms with E-state index in [-0.39, 0.29) is 10.9 Å². The Morgan fingerprint density at radius 3 is 2.83 bits per heavy atom. The van der Waals surface area contributed by atoms with Gasteiger partial charge in [-0.3, -0.25) is 5.10 Å². The lowest BCUT2D eigenvalue weighted by atomic mass is 9.95. The van der Waals surface area contributed by atoms with E-state index in [1.807, 2.05) is 0 Å². The standard InChI is InChI=1S/C11H20N4O2S/c1-8-7-15(3)5-4-10(8)14-18(16,17)11-6-12-13-9(11)2/h6,8,10,14H,4-5,7H2,1-3H3,(H,12,13). The van der Waals surface area contributed by atoms with Crippen LogP contribution in [0.25, 0.3) is 0 Å². The maximum absolute atomic E-state index is 12.2. The second-order valence-corrected chi connectivity index (χ2v) is 6.80. The smallest absolute Gasteiger partial charge is 0.244 e. The zero-order chi connectivity index (χ0) is 13.3. The number of piperidine rings is 1. The molecule has 0 aromatic carbocycles. The molecule has 0 aliphatic carbocycles. The summed E-state index contributed by atoms with van der Waals surface area (Å²) < 4.78 is 27.2. The predicted octanol–water partition coefficient (Wildman–Crippen LogP) is 0.337. The fraction of sp³-hybridized carbons (Fsp3) is 0.727. The van der Waals surface area contributed by atoms with Gasteiger partial charge in [0.15, 0.2) is 0 Å². The minimum Gasteiger partial charge on any atom is -0.306 e. The van der Waals surface area contributed by atoms with Crippen molar-refractivity contribution in [1.29, 1.82) is 0 Å². The number of sulfonamides is 1. The van der Waals surface area contributed by atoms with Crippen molar-refractivity contribution in [3.05, 3.63) is 11.9 Å². The van der Waals surface area contributed by atoms with Crippen LogP contribution in [-0.4, -0.2) is 49.7 Å². The molecule has 0 spiro atoms. The van der Waals surface area contributed by atoms with Crippen LogP contribution in [0.15, 0.2) is 11.1 Å². The van der Waals surface area contributed by atoms with Gasteiger partial charge in [0, 0.05) is 12.6 Å². The van der Waals surface area contributed by atoms with Gasteiger partial charge in [-0.15, -0.1) is 0 Å². The summed E-state index contributed by atoms with van der Waals surface area (Å²) in [6.07, 6.45) is 2.20. The third-order valence-corrected chi connectivity index (χ3v) is 5.09. The first kappa shape index (κ1) is 13.5. The van der Waals surface area contributed by atoms with Gasteiger partial charge in [0.25, 0.3) is 0 Å². The molecule has 2 N–H and O–H groups in total. The van der Waals surface area contributed by atoms with E-state index in [9.17, 15) is 8.42 Å². The van der Waals surface area contributed by atoms with E-state index in [1.54, 1.807) is 6.92 Å². The number of H-pyrrole nitrogens is 1. The van der Waals surface area contributed by atoms with Crippen molar-refractivity contribution in [3.63, 3.8) is 0 Å². The molecule has 2 rings (SSSR count). The first-order valence-electron chi connectivity index (χ1n) is 6.11. The number of hydrogen-bond acceptors (Lipinski definition) is 4. The Bertz CT molecular complexity index is 511. The van der Waals surface area contributed by atoms with E-state index in [0.717, 1.165) is 19.5 Å². The lowest BCUT2D eigenvalue weighted by molar-refractivity contribution is 0.188. The average Bonchev–Trinajstić information content (AvgIpc) is 2.69. The third kappa shape index (κ3) is 2.73. The summed E-state index contributed by atoms with van der Waals surface area (Å²) in [6.45, 7) is 5.62. The van der Waals surface area contributed by atoms with E-state index in [1.165, 1.54) is 6.20 Å². The second-order valence-electron chi connectivity index (χ2n) is 5.12. The summed E-state index contributed by atoms with van der Waals surface area (Å²) in [5.74, 6) is 0.311. The molecule has 1 aliphatic rings. The van der Waals surface area contributed by atoms with Crippen LogP contribution in [0.1, 0.15) is 19.0 Å². The highest BCUT2D eigenvalue weighted by atomic mass is 32.2. The fourth-order valence-corrected chi connectivity index (χ4v) is 3.92. The molecule has 2 unspecified atom stereocenters. The Hall–Kier alpha value is -0.920. The molecule has 1 saturated heterocycles. The zero-order valence-electron chi connectivity index (χ0n) is 11.0. The molecule has 1 aliphatic heterocycles. The van der Waals surface area contributed by atoms with Crippen molar-refractivity contribution < 1.29 is 8.42 Å². The minimum atomic E-state index is -3.46. The number of aryl methyl sites for hydroxylation is 1. The molecule has 0 bridgehead atoms. The van der Waals surface area contributed by atoms with Crippen molar-refractivity contribution >= 4 is 10.0 Å². The van der Waals surface area contributed by atoms with Crippen LogP contribution >= 0.6 is 0 Å². The van der Waals surface area contributed by atoms with Crippen LogP contribution in [0.5, 0.6) is 0 Å². The average molecular weight is 272 g/mol. The van der Waals surface area contributed by atoms with Crippen molar-refractivity contribution in [2.24, 2.45) is 5.92 Å². The quantitative estimate of drug-likeness (QED) is 0.831. The van der Waals surface area contributed by atoms with Crippen molar-refractivity contribution in [1.82, 2.24) is 19.8 Å². The summed E-state index contributed by atoms with van der Waals surface area (Å²) in [4.78, 5) is 2.46. The Balaban J connectivity index is 2.12. The first-order valence-corrected chi connectivity index (χ1v) is 7.59. The topological polar surface area (TPSA) is 78.1 Å². The number of nitrogens with one attached hydrogen (secondary N) is 2. The van der Waals surface area contributed by atoms with E-state index < -0.39 is 10.0 Å². The molecule has 1 fully saturated rings. The van der Waals surface area contributed by atoms with Crippen molar-refractivity contribution in [2.75, 3.05) is 20.1 Å². The summed E-state index contributed by atoms with van der Waals surface area (Å²) in [6, 6.07) is 0.000463. The van der Waals surface area contributed by atoms with Crippen LogP contribution in [0, 0.1) is 12.8 Å². The molecule has 1 aromatic rings. The van der Waals surface area contributed by atoms with Crippen LogP contribution in [0.4, 0.5) is 0 Å². The molecule has 102 valence electrons. The highest BCUT2D eigenvalue weighted by Gasteiger charge is 2.29. The maximum Gasteiger partial charge on any atom is 0.244 e. The highest BCUT2D eigenvalue weighted by Crippen LogP contribution is 2.19. The lowest BCUT2D eigenvalue weighted by Crippen LogP contribution is -2.48. The van der Waals surface area contributed by atoms with E-state index in [2.05, 4.69) is 33.8 Å². The number of aromatic amines is 1. The molecule has 0 radical (unpaired) electrons. The number of rotatable bonds is 3. The number of nitrogens with zero attached hydrogens (tertiary/aromatic N) is 2. The van der Waals surface area contributed by atoms with Gasteiger partial charge in [-0.2, -0.15) is 5.10 Å². The summed E-state index contributed by atoms with van der Waals surface area (Å²) in [5.41, 5.74) is 0.572. The molecular weight excluding hydrogens is 252 g/mol. The van der Waals surface area contributed by atoms with Crippen LogP contribution in [-0.2, 0) is 10.0 Å². The van der Waals surface area contributed by atoms with Gasteiger partial charge < -0.3 is 4.90 Å². The van der Waals surface area contributed by atoms with Gasteiger partial charge in [-0.25, -0.2) is 13.1 Å².